The summed E-state index contributed by atoms with van der Waals surface area (Å²) in [4.78, 5) is 15.7. The van der Waals surface area contributed by atoms with E-state index in [0.717, 1.165) is 12.3 Å². The first-order valence-electron chi connectivity index (χ1n) is 5.52. The van der Waals surface area contributed by atoms with Crippen molar-refractivity contribution in [3.63, 3.8) is 0 Å². The third-order valence-corrected chi connectivity index (χ3v) is 3.15. The Morgan fingerprint density at radius 1 is 1.44 bits per heavy atom. The lowest BCUT2D eigenvalue weighted by atomic mass is 10.3. The standard InChI is InChI=1S/C12H14N2O3S/c1-16-9-4-2-3-5-10(9)17-8-11(15)14-12-13-6-7-18-12/h2-5H,6-8H2,1H3,(H,13,14,15). The van der Waals surface area contributed by atoms with E-state index in [1.165, 1.54) is 11.8 Å². The fourth-order valence-corrected chi connectivity index (χ4v) is 2.19. The van der Waals surface area contributed by atoms with Gasteiger partial charge in [0.2, 0.25) is 0 Å². The molecule has 1 N–H and O–H groups in total. The van der Waals surface area contributed by atoms with Crippen LogP contribution in [0, 0.1) is 0 Å². The normalized spacial score (nSPS) is 13.9. The number of nitrogens with one attached hydrogen (secondary N) is 1. The molecule has 1 aliphatic heterocycles. The van der Waals surface area contributed by atoms with Crippen molar-refractivity contribution in [1.82, 2.24) is 5.32 Å². The molecule has 1 amide bonds. The molecule has 0 fully saturated rings. The van der Waals surface area contributed by atoms with Gasteiger partial charge in [0, 0.05) is 5.75 Å². The van der Waals surface area contributed by atoms with E-state index in [4.69, 9.17) is 9.47 Å². The molecule has 0 aliphatic carbocycles. The number of thioether (sulfide) groups is 1. The predicted molar refractivity (Wildman–Crippen MR) is 71.4 cm³/mol. The van der Waals surface area contributed by atoms with Crippen molar-refractivity contribution in [2.24, 2.45) is 4.99 Å². The molecule has 96 valence electrons. The molecule has 0 saturated heterocycles. The van der Waals surface area contributed by atoms with E-state index in [9.17, 15) is 4.79 Å². The lowest BCUT2D eigenvalue weighted by Crippen LogP contribution is -2.32. The molecular weight excluding hydrogens is 252 g/mol. The molecule has 0 atom stereocenters. The summed E-state index contributed by atoms with van der Waals surface area (Å²) in [6.45, 7) is 0.702. The van der Waals surface area contributed by atoms with Crippen LogP contribution >= 0.6 is 11.8 Å². The summed E-state index contributed by atoms with van der Waals surface area (Å²) < 4.78 is 10.5. The van der Waals surface area contributed by atoms with Crippen LogP contribution in [0.25, 0.3) is 0 Å². The molecular formula is C12H14N2O3S. The number of para-hydroxylation sites is 2. The summed E-state index contributed by atoms with van der Waals surface area (Å²) in [7, 11) is 1.56. The van der Waals surface area contributed by atoms with Gasteiger partial charge in [0.05, 0.1) is 13.7 Å². The first-order chi connectivity index (χ1) is 8.79. The quantitative estimate of drug-likeness (QED) is 0.892. The topological polar surface area (TPSA) is 59.9 Å². The Morgan fingerprint density at radius 3 is 2.89 bits per heavy atom. The Balaban J connectivity index is 1.85. The van der Waals surface area contributed by atoms with E-state index in [2.05, 4.69) is 10.3 Å². The molecule has 1 aromatic carbocycles. The molecule has 0 radical (unpaired) electrons. The van der Waals surface area contributed by atoms with Gasteiger partial charge >= 0.3 is 0 Å². The zero-order valence-electron chi connectivity index (χ0n) is 10.0. The van der Waals surface area contributed by atoms with Crippen LogP contribution in [-0.2, 0) is 4.79 Å². The number of benzene rings is 1. The molecule has 2 rings (SSSR count). The van der Waals surface area contributed by atoms with E-state index in [-0.39, 0.29) is 12.5 Å². The van der Waals surface area contributed by atoms with Gasteiger partial charge in [0.15, 0.2) is 23.3 Å². The number of hydrogen-bond donors (Lipinski definition) is 1. The van der Waals surface area contributed by atoms with E-state index in [1.807, 2.05) is 12.1 Å². The van der Waals surface area contributed by atoms with Gasteiger partial charge in [-0.15, -0.1) is 0 Å². The summed E-state index contributed by atoms with van der Waals surface area (Å²) in [5, 5.41) is 3.36. The fourth-order valence-electron chi connectivity index (χ4n) is 1.45. The molecule has 18 heavy (non-hydrogen) atoms. The monoisotopic (exact) mass is 266 g/mol. The zero-order chi connectivity index (χ0) is 12.8. The van der Waals surface area contributed by atoms with Gasteiger partial charge < -0.3 is 14.8 Å². The zero-order valence-corrected chi connectivity index (χ0v) is 10.8. The average molecular weight is 266 g/mol. The van der Waals surface area contributed by atoms with Crippen LogP contribution < -0.4 is 14.8 Å². The smallest absolute Gasteiger partial charge is 0.263 e. The van der Waals surface area contributed by atoms with Crippen LogP contribution in [-0.4, -0.2) is 37.1 Å². The number of amides is 1. The molecule has 5 nitrogen and oxygen atoms in total. The highest BCUT2D eigenvalue weighted by molar-refractivity contribution is 8.14. The van der Waals surface area contributed by atoms with Gasteiger partial charge in [-0.3, -0.25) is 9.79 Å². The second-order valence-corrected chi connectivity index (χ2v) is 4.61. The number of ether oxygens (including phenoxy) is 2. The van der Waals surface area contributed by atoms with Gasteiger partial charge in [-0.25, -0.2) is 0 Å². The average Bonchev–Trinajstić information content (AvgIpc) is 2.89. The highest BCUT2D eigenvalue weighted by Crippen LogP contribution is 2.25. The lowest BCUT2D eigenvalue weighted by Gasteiger charge is -2.10. The van der Waals surface area contributed by atoms with Crippen LogP contribution in [0.15, 0.2) is 29.3 Å². The van der Waals surface area contributed by atoms with Gasteiger partial charge in [-0.2, -0.15) is 0 Å². The molecule has 1 aromatic rings. The number of nitrogens with zero attached hydrogens (tertiary/aromatic N) is 1. The number of hydrogen-bond acceptors (Lipinski definition) is 5. The summed E-state index contributed by atoms with van der Waals surface area (Å²) in [6.07, 6.45) is 0. The lowest BCUT2D eigenvalue weighted by molar-refractivity contribution is -0.121. The molecule has 1 heterocycles. The number of rotatable bonds is 4. The molecule has 0 unspecified atom stereocenters. The van der Waals surface area contributed by atoms with Crippen LogP contribution in [0.3, 0.4) is 0 Å². The van der Waals surface area contributed by atoms with E-state index >= 15 is 0 Å². The van der Waals surface area contributed by atoms with Gasteiger partial charge in [0.1, 0.15) is 0 Å². The largest absolute Gasteiger partial charge is 0.493 e. The third-order valence-electron chi connectivity index (χ3n) is 2.26. The van der Waals surface area contributed by atoms with E-state index < -0.39 is 0 Å². The minimum Gasteiger partial charge on any atom is -0.493 e. The molecule has 0 saturated carbocycles. The third kappa shape index (κ3) is 3.40. The SMILES string of the molecule is COc1ccccc1OCC(=O)NC1=NCCS1. The number of aliphatic imine (C=N–C) groups is 1. The Labute approximate surface area is 110 Å². The summed E-state index contributed by atoms with van der Waals surface area (Å²) in [5.74, 6) is 1.87. The van der Waals surface area contributed by atoms with Crippen molar-refractivity contribution in [1.29, 1.82) is 0 Å². The number of carbonyl (C=O) groups excluding carboxylic acids is 1. The highest BCUT2D eigenvalue weighted by Gasteiger charge is 2.12. The Morgan fingerprint density at radius 2 is 2.22 bits per heavy atom. The van der Waals surface area contributed by atoms with Crippen LogP contribution in [0.2, 0.25) is 0 Å². The Hall–Kier alpha value is -1.69. The second kappa shape index (κ2) is 6.30. The molecule has 0 spiro atoms. The summed E-state index contributed by atoms with van der Waals surface area (Å²) >= 11 is 1.54. The van der Waals surface area contributed by atoms with Crippen molar-refractivity contribution in [2.75, 3.05) is 26.0 Å². The van der Waals surface area contributed by atoms with E-state index in [0.29, 0.717) is 16.7 Å². The van der Waals surface area contributed by atoms with Crippen LogP contribution in [0.1, 0.15) is 0 Å². The predicted octanol–water partition coefficient (Wildman–Crippen LogP) is 1.29. The molecule has 1 aliphatic rings. The van der Waals surface area contributed by atoms with Gasteiger partial charge in [-0.1, -0.05) is 23.9 Å². The Bertz CT molecular complexity index is 462. The van der Waals surface area contributed by atoms with Crippen molar-refractivity contribution in [3.8, 4) is 11.5 Å². The van der Waals surface area contributed by atoms with Crippen molar-refractivity contribution in [2.45, 2.75) is 0 Å². The van der Waals surface area contributed by atoms with Gasteiger partial charge in [0.25, 0.3) is 5.91 Å². The molecule has 0 bridgehead atoms. The van der Waals surface area contributed by atoms with Crippen molar-refractivity contribution in [3.05, 3.63) is 24.3 Å². The van der Waals surface area contributed by atoms with Crippen LogP contribution in [0.5, 0.6) is 11.5 Å². The van der Waals surface area contributed by atoms with Crippen LogP contribution in [0.4, 0.5) is 0 Å². The highest BCUT2D eigenvalue weighted by atomic mass is 32.2. The van der Waals surface area contributed by atoms with E-state index in [1.54, 1.807) is 19.2 Å². The maximum Gasteiger partial charge on any atom is 0.263 e. The minimum absolute atomic E-state index is 0.0556. The maximum absolute atomic E-state index is 11.6. The fraction of sp³-hybridized carbons (Fsp3) is 0.333. The first-order valence-corrected chi connectivity index (χ1v) is 6.51. The minimum atomic E-state index is -0.214. The Kier molecular flexibility index (Phi) is 4.46. The summed E-state index contributed by atoms with van der Waals surface area (Å²) in [5.41, 5.74) is 0. The van der Waals surface area contributed by atoms with Crippen molar-refractivity contribution >= 4 is 22.8 Å². The number of amidine groups is 1. The second-order valence-electron chi connectivity index (χ2n) is 3.52. The molecule has 6 heteroatoms. The number of carbonyl (C=O) groups is 1. The first kappa shape index (κ1) is 12.8. The van der Waals surface area contributed by atoms with Crippen molar-refractivity contribution < 1.29 is 14.3 Å². The van der Waals surface area contributed by atoms with Gasteiger partial charge in [-0.05, 0) is 12.1 Å². The summed E-state index contributed by atoms with van der Waals surface area (Å²) in [6, 6.07) is 7.21. The molecule has 0 aromatic heterocycles. The number of methoxy groups -OCH3 is 1. The maximum atomic E-state index is 11.6.